The molecule has 0 radical (unpaired) electrons. The maximum Gasteiger partial charge on any atom is 0.247 e. The van der Waals surface area contributed by atoms with Crippen molar-refractivity contribution in [2.75, 3.05) is 5.73 Å². The van der Waals surface area contributed by atoms with Crippen LogP contribution in [0.1, 0.15) is 0 Å². The molecule has 0 aliphatic rings. The quantitative estimate of drug-likeness (QED) is 0.762. The summed E-state index contributed by atoms with van der Waals surface area (Å²) in [4.78, 5) is 13.6. The van der Waals surface area contributed by atoms with Gasteiger partial charge in [0.2, 0.25) is 11.4 Å². The molecule has 2 aromatic heterocycles. The van der Waals surface area contributed by atoms with Gasteiger partial charge in [-0.2, -0.15) is 0 Å². The Morgan fingerprint density at radius 3 is 2.71 bits per heavy atom. The van der Waals surface area contributed by atoms with Crippen molar-refractivity contribution in [3.63, 3.8) is 0 Å². The molecule has 3 N–H and O–H groups in total. The number of nitrogen functional groups attached to an aromatic ring is 1. The molecule has 5 nitrogen and oxygen atoms in total. The number of aromatic nitrogens is 2. The van der Waals surface area contributed by atoms with Crippen molar-refractivity contribution in [3.8, 4) is 22.4 Å². The molecule has 0 fully saturated rings. The molecule has 0 amide bonds. The van der Waals surface area contributed by atoms with Gasteiger partial charge in [0, 0.05) is 23.4 Å². The van der Waals surface area contributed by atoms with Crippen LogP contribution in [0.15, 0.2) is 45.8 Å². The summed E-state index contributed by atoms with van der Waals surface area (Å²) < 4.78 is 19.0. The SMILES string of the molecule is Nc1onc(-c2ccc(=O)[nH]c2)c1-c1c(F)cccc1Cl. The first-order valence-corrected chi connectivity index (χ1v) is 6.34. The monoisotopic (exact) mass is 305 g/mol. The molecule has 21 heavy (non-hydrogen) atoms. The van der Waals surface area contributed by atoms with Gasteiger partial charge in [0.15, 0.2) is 0 Å². The number of hydrogen-bond donors (Lipinski definition) is 2. The summed E-state index contributed by atoms with van der Waals surface area (Å²) in [6.07, 6.45) is 1.44. The van der Waals surface area contributed by atoms with Gasteiger partial charge in [-0.15, -0.1) is 0 Å². The van der Waals surface area contributed by atoms with Crippen molar-refractivity contribution >= 4 is 17.5 Å². The van der Waals surface area contributed by atoms with E-state index in [2.05, 4.69) is 10.1 Å². The summed E-state index contributed by atoms with van der Waals surface area (Å²) in [5.74, 6) is -0.591. The summed E-state index contributed by atoms with van der Waals surface area (Å²) >= 11 is 6.05. The number of benzene rings is 1. The number of aromatic amines is 1. The van der Waals surface area contributed by atoms with Gasteiger partial charge < -0.3 is 15.2 Å². The van der Waals surface area contributed by atoms with Crippen LogP contribution in [0.2, 0.25) is 5.02 Å². The van der Waals surface area contributed by atoms with Gasteiger partial charge >= 0.3 is 0 Å². The predicted octanol–water partition coefficient (Wildman–Crippen LogP) is 3.07. The minimum atomic E-state index is -0.539. The second kappa shape index (κ2) is 5.06. The first-order chi connectivity index (χ1) is 10.1. The van der Waals surface area contributed by atoms with Crippen LogP contribution in [0.25, 0.3) is 22.4 Å². The summed E-state index contributed by atoms with van der Waals surface area (Å²) in [5.41, 5.74) is 6.69. The lowest BCUT2D eigenvalue weighted by Gasteiger charge is -2.06. The molecular formula is C14H9ClFN3O2. The second-order valence-corrected chi connectivity index (χ2v) is 4.72. The van der Waals surface area contributed by atoms with Crippen molar-refractivity contribution in [3.05, 3.63) is 57.7 Å². The van der Waals surface area contributed by atoms with E-state index in [9.17, 15) is 9.18 Å². The second-order valence-electron chi connectivity index (χ2n) is 4.31. The Hall–Kier alpha value is -2.60. The van der Waals surface area contributed by atoms with Gasteiger partial charge in [-0.05, 0) is 18.2 Å². The lowest BCUT2D eigenvalue weighted by molar-refractivity contribution is 0.439. The van der Waals surface area contributed by atoms with E-state index in [1.54, 1.807) is 6.07 Å². The summed E-state index contributed by atoms with van der Waals surface area (Å²) in [6.45, 7) is 0. The van der Waals surface area contributed by atoms with Gasteiger partial charge in [0.1, 0.15) is 11.5 Å². The van der Waals surface area contributed by atoms with Crippen molar-refractivity contribution in [1.29, 1.82) is 0 Å². The van der Waals surface area contributed by atoms with Crippen LogP contribution >= 0.6 is 11.6 Å². The van der Waals surface area contributed by atoms with E-state index in [1.165, 1.54) is 30.5 Å². The fourth-order valence-electron chi connectivity index (χ4n) is 2.04. The number of rotatable bonds is 2. The molecule has 3 aromatic rings. The fraction of sp³-hybridized carbons (Fsp3) is 0. The van der Waals surface area contributed by atoms with E-state index in [0.29, 0.717) is 11.3 Å². The molecule has 0 atom stereocenters. The lowest BCUT2D eigenvalue weighted by atomic mass is 10.0. The van der Waals surface area contributed by atoms with Crippen LogP contribution in [0.4, 0.5) is 10.3 Å². The molecule has 3 rings (SSSR count). The molecule has 0 spiro atoms. The molecule has 0 bridgehead atoms. The zero-order chi connectivity index (χ0) is 15.0. The Labute approximate surface area is 123 Å². The normalized spacial score (nSPS) is 10.8. The maximum atomic E-state index is 14.1. The topological polar surface area (TPSA) is 84.9 Å². The van der Waals surface area contributed by atoms with Gasteiger partial charge in [0.05, 0.1) is 10.6 Å². The van der Waals surface area contributed by atoms with Crippen molar-refractivity contribution in [2.24, 2.45) is 0 Å². The van der Waals surface area contributed by atoms with Crippen LogP contribution in [-0.4, -0.2) is 10.1 Å². The van der Waals surface area contributed by atoms with E-state index in [-0.39, 0.29) is 27.6 Å². The number of nitrogens with zero attached hydrogens (tertiary/aromatic N) is 1. The van der Waals surface area contributed by atoms with Crippen LogP contribution < -0.4 is 11.3 Å². The van der Waals surface area contributed by atoms with Gasteiger partial charge in [-0.3, -0.25) is 4.79 Å². The highest BCUT2D eigenvalue weighted by Gasteiger charge is 2.22. The number of hydrogen-bond acceptors (Lipinski definition) is 4. The molecule has 7 heteroatoms. The molecule has 106 valence electrons. The average molecular weight is 306 g/mol. The Balaban J connectivity index is 2.27. The van der Waals surface area contributed by atoms with Crippen molar-refractivity contribution < 1.29 is 8.91 Å². The average Bonchev–Trinajstić information content (AvgIpc) is 2.82. The number of H-pyrrole nitrogens is 1. The molecular weight excluding hydrogens is 297 g/mol. The van der Waals surface area contributed by atoms with E-state index < -0.39 is 5.82 Å². The minimum absolute atomic E-state index is 0.0526. The number of nitrogens with two attached hydrogens (primary N) is 1. The highest BCUT2D eigenvalue weighted by Crippen LogP contribution is 2.40. The van der Waals surface area contributed by atoms with Gasteiger partial charge in [-0.1, -0.05) is 22.8 Å². The number of anilines is 1. The Morgan fingerprint density at radius 1 is 1.24 bits per heavy atom. The highest BCUT2D eigenvalue weighted by molar-refractivity contribution is 6.33. The molecule has 2 heterocycles. The van der Waals surface area contributed by atoms with Crippen LogP contribution in [-0.2, 0) is 0 Å². The molecule has 0 saturated heterocycles. The molecule has 0 saturated carbocycles. The molecule has 1 aromatic carbocycles. The third-order valence-corrected chi connectivity index (χ3v) is 3.30. The summed E-state index contributed by atoms with van der Waals surface area (Å²) in [6, 6.07) is 7.17. The Morgan fingerprint density at radius 2 is 2.05 bits per heavy atom. The zero-order valence-electron chi connectivity index (χ0n) is 10.6. The van der Waals surface area contributed by atoms with Crippen LogP contribution in [0.5, 0.6) is 0 Å². The molecule has 0 unspecified atom stereocenters. The smallest absolute Gasteiger partial charge is 0.247 e. The number of halogens is 2. The highest BCUT2D eigenvalue weighted by atomic mass is 35.5. The number of pyridine rings is 1. The minimum Gasteiger partial charge on any atom is -0.367 e. The van der Waals surface area contributed by atoms with E-state index >= 15 is 0 Å². The van der Waals surface area contributed by atoms with Gasteiger partial charge in [-0.25, -0.2) is 4.39 Å². The van der Waals surface area contributed by atoms with Crippen LogP contribution in [0.3, 0.4) is 0 Å². The van der Waals surface area contributed by atoms with E-state index in [1.807, 2.05) is 0 Å². The Bertz CT molecular complexity index is 832. The Kier molecular flexibility index (Phi) is 3.23. The third-order valence-electron chi connectivity index (χ3n) is 2.99. The fourth-order valence-corrected chi connectivity index (χ4v) is 2.29. The van der Waals surface area contributed by atoms with Crippen molar-refractivity contribution in [2.45, 2.75) is 0 Å². The summed E-state index contributed by atoms with van der Waals surface area (Å²) in [7, 11) is 0. The first-order valence-electron chi connectivity index (χ1n) is 5.96. The standard InChI is InChI=1S/C14H9ClFN3O2/c15-8-2-1-3-9(16)11(8)12-13(19-21-14(12)17)7-4-5-10(20)18-6-7/h1-6H,17H2,(H,18,20). The first kappa shape index (κ1) is 13.4. The zero-order valence-corrected chi connectivity index (χ0v) is 11.3. The van der Waals surface area contributed by atoms with E-state index in [0.717, 1.165) is 0 Å². The lowest BCUT2D eigenvalue weighted by Crippen LogP contribution is -2.01. The van der Waals surface area contributed by atoms with Crippen molar-refractivity contribution in [1.82, 2.24) is 10.1 Å². The van der Waals surface area contributed by atoms with Gasteiger partial charge in [0.25, 0.3) is 0 Å². The van der Waals surface area contributed by atoms with Crippen LogP contribution in [0, 0.1) is 5.82 Å². The third kappa shape index (κ3) is 2.30. The molecule has 0 aliphatic carbocycles. The van der Waals surface area contributed by atoms with E-state index in [4.69, 9.17) is 21.9 Å². The molecule has 0 aliphatic heterocycles. The maximum absolute atomic E-state index is 14.1. The largest absolute Gasteiger partial charge is 0.367 e. The predicted molar refractivity (Wildman–Crippen MR) is 77.4 cm³/mol. The number of nitrogens with one attached hydrogen (secondary N) is 1. The summed E-state index contributed by atoms with van der Waals surface area (Å²) in [5, 5.41) is 4.02.